The molecule has 1 aliphatic rings. The van der Waals surface area contributed by atoms with Crippen LogP contribution in [0.25, 0.3) is 17.3 Å². The zero-order valence-electron chi connectivity index (χ0n) is 16.6. The van der Waals surface area contributed by atoms with Crippen LogP contribution in [-0.2, 0) is 0 Å². The standard InChI is InChI=1S/C22H22N4O3/c1-27-20-18(13-23-22(24-20)29-3)19-12-17(21(28-2)26-25-19)16-11-15(16)10-9-14-7-5-4-6-8-14/h4-10,12-13,15-16H,11H2,1-3H3/b10-9+/t15-,16-/m0/s1. The molecule has 2 heterocycles. The second-order valence-electron chi connectivity index (χ2n) is 6.75. The molecular formula is C22H22N4O3. The number of aromatic nitrogens is 4. The van der Waals surface area contributed by atoms with Gasteiger partial charge in [-0.2, -0.15) is 4.98 Å². The summed E-state index contributed by atoms with van der Waals surface area (Å²) >= 11 is 0. The van der Waals surface area contributed by atoms with Gasteiger partial charge >= 0.3 is 6.01 Å². The van der Waals surface area contributed by atoms with Crippen LogP contribution in [0.3, 0.4) is 0 Å². The zero-order valence-corrected chi connectivity index (χ0v) is 16.6. The van der Waals surface area contributed by atoms with Crippen molar-refractivity contribution in [2.24, 2.45) is 5.92 Å². The van der Waals surface area contributed by atoms with Crippen LogP contribution in [0, 0.1) is 5.92 Å². The Hall–Kier alpha value is -3.48. The van der Waals surface area contributed by atoms with Crippen LogP contribution in [0.1, 0.15) is 23.5 Å². The van der Waals surface area contributed by atoms with Crippen LogP contribution in [0.15, 0.2) is 48.7 Å². The molecule has 7 nitrogen and oxygen atoms in total. The van der Waals surface area contributed by atoms with Crippen LogP contribution in [0.2, 0.25) is 0 Å². The van der Waals surface area contributed by atoms with Crippen molar-refractivity contribution in [2.45, 2.75) is 12.3 Å². The highest BCUT2D eigenvalue weighted by Gasteiger charge is 2.39. The molecule has 2 atom stereocenters. The molecule has 3 aromatic rings. The molecule has 1 fully saturated rings. The van der Waals surface area contributed by atoms with Gasteiger partial charge in [-0.15, -0.1) is 10.2 Å². The summed E-state index contributed by atoms with van der Waals surface area (Å²) in [7, 11) is 4.67. The molecule has 0 aliphatic heterocycles. The van der Waals surface area contributed by atoms with Gasteiger partial charge in [-0.3, -0.25) is 0 Å². The SMILES string of the molecule is COc1ncc(-c2cc([C@H]3C[C@@H]3/C=C/c3ccccc3)c(OC)nn2)c(OC)n1. The Balaban J connectivity index is 1.61. The average Bonchev–Trinajstić information content (AvgIpc) is 3.57. The maximum Gasteiger partial charge on any atom is 0.319 e. The summed E-state index contributed by atoms with van der Waals surface area (Å²) in [6, 6.07) is 12.5. The van der Waals surface area contributed by atoms with Gasteiger partial charge in [0.15, 0.2) is 0 Å². The molecule has 1 saturated carbocycles. The van der Waals surface area contributed by atoms with Gasteiger partial charge in [0, 0.05) is 11.8 Å². The van der Waals surface area contributed by atoms with Crippen molar-refractivity contribution in [2.75, 3.05) is 21.3 Å². The quantitative estimate of drug-likeness (QED) is 0.607. The van der Waals surface area contributed by atoms with Crippen LogP contribution in [-0.4, -0.2) is 41.5 Å². The maximum atomic E-state index is 5.46. The smallest absolute Gasteiger partial charge is 0.319 e. The zero-order chi connectivity index (χ0) is 20.2. The Kier molecular flexibility index (Phi) is 5.37. The predicted molar refractivity (Wildman–Crippen MR) is 109 cm³/mol. The number of rotatable bonds is 7. The molecular weight excluding hydrogens is 368 g/mol. The first-order valence-corrected chi connectivity index (χ1v) is 9.33. The molecule has 1 aliphatic carbocycles. The van der Waals surface area contributed by atoms with E-state index in [-0.39, 0.29) is 6.01 Å². The molecule has 4 rings (SSSR count). The fourth-order valence-corrected chi connectivity index (χ4v) is 3.32. The number of allylic oxidation sites excluding steroid dienone is 1. The molecule has 0 N–H and O–H groups in total. The Labute approximate surface area is 169 Å². The van der Waals surface area contributed by atoms with E-state index in [1.54, 1.807) is 20.4 Å². The fraction of sp³-hybridized carbons (Fsp3) is 0.273. The van der Waals surface area contributed by atoms with Crippen molar-refractivity contribution in [3.8, 4) is 29.0 Å². The topological polar surface area (TPSA) is 79.2 Å². The lowest BCUT2D eigenvalue weighted by molar-refractivity contribution is 0.353. The van der Waals surface area contributed by atoms with E-state index in [0.717, 1.165) is 12.0 Å². The summed E-state index contributed by atoms with van der Waals surface area (Å²) in [4.78, 5) is 8.40. The van der Waals surface area contributed by atoms with Gasteiger partial charge in [-0.25, -0.2) is 4.98 Å². The first kappa shape index (κ1) is 18.9. The van der Waals surface area contributed by atoms with Gasteiger partial charge in [0.1, 0.15) is 5.69 Å². The first-order valence-electron chi connectivity index (χ1n) is 9.33. The number of nitrogens with zero attached hydrogens (tertiary/aromatic N) is 4. The Morgan fingerprint density at radius 2 is 1.76 bits per heavy atom. The number of hydrogen-bond donors (Lipinski definition) is 0. The molecule has 0 unspecified atom stereocenters. The van der Waals surface area contributed by atoms with Crippen molar-refractivity contribution in [3.05, 3.63) is 59.8 Å². The van der Waals surface area contributed by atoms with Gasteiger partial charge in [-0.1, -0.05) is 42.5 Å². The number of methoxy groups -OCH3 is 3. The number of hydrogen-bond acceptors (Lipinski definition) is 7. The summed E-state index contributed by atoms with van der Waals surface area (Å²) in [5, 5.41) is 8.55. The molecule has 29 heavy (non-hydrogen) atoms. The Bertz CT molecular complexity index is 1020. The third-order valence-corrected chi connectivity index (χ3v) is 4.94. The number of benzene rings is 1. The molecule has 0 amide bonds. The van der Waals surface area contributed by atoms with Gasteiger partial charge in [0.05, 0.1) is 26.9 Å². The highest BCUT2D eigenvalue weighted by molar-refractivity contribution is 5.65. The minimum Gasteiger partial charge on any atom is -0.480 e. The van der Waals surface area contributed by atoms with Crippen molar-refractivity contribution in [3.63, 3.8) is 0 Å². The first-order chi connectivity index (χ1) is 14.2. The molecule has 2 aromatic heterocycles. The summed E-state index contributed by atoms with van der Waals surface area (Å²) < 4.78 is 15.9. The molecule has 148 valence electrons. The third-order valence-electron chi connectivity index (χ3n) is 4.94. The van der Waals surface area contributed by atoms with E-state index in [1.807, 2.05) is 24.3 Å². The van der Waals surface area contributed by atoms with Crippen molar-refractivity contribution < 1.29 is 14.2 Å². The maximum absolute atomic E-state index is 5.46. The second kappa shape index (κ2) is 8.26. The third kappa shape index (κ3) is 4.03. The van der Waals surface area contributed by atoms with Gasteiger partial charge in [0.25, 0.3) is 0 Å². The van der Waals surface area contributed by atoms with Crippen LogP contribution in [0.4, 0.5) is 0 Å². The van der Waals surface area contributed by atoms with E-state index in [4.69, 9.17) is 14.2 Å². The van der Waals surface area contributed by atoms with E-state index in [2.05, 4.69) is 44.5 Å². The molecule has 0 bridgehead atoms. The molecule has 1 aromatic carbocycles. The van der Waals surface area contributed by atoms with E-state index in [0.29, 0.717) is 34.9 Å². The van der Waals surface area contributed by atoms with Crippen molar-refractivity contribution in [1.29, 1.82) is 0 Å². The molecule has 0 spiro atoms. The van der Waals surface area contributed by atoms with E-state index >= 15 is 0 Å². The minimum absolute atomic E-state index is 0.237. The van der Waals surface area contributed by atoms with Crippen LogP contribution < -0.4 is 14.2 Å². The lowest BCUT2D eigenvalue weighted by Crippen LogP contribution is -2.02. The fourth-order valence-electron chi connectivity index (χ4n) is 3.32. The molecule has 0 saturated heterocycles. The van der Waals surface area contributed by atoms with Gasteiger partial charge < -0.3 is 14.2 Å². The van der Waals surface area contributed by atoms with Crippen LogP contribution >= 0.6 is 0 Å². The normalized spacial score (nSPS) is 17.9. The number of ether oxygens (including phenoxy) is 3. The Morgan fingerprint density at radius 1 is 0.966 bits per heavy atom. The molecule has 7 heteroatoms. The second-order valence-corrected chi connectivity index (χ2v) is 6.75. The lowest BCUT2D eigenvalue weighted by atomic mass is 10.1. The largest absolute Gasteiger partial charge is 0.480 e. The van der Waals surface area contributed by atoms with Crippen molar-refractivity contribution >= 4 is 6.08 Å². The Morgan fingerprint density at radius 3 is 2.48 bits per heavy atom. The van der Waals surface area contributed by atoms with E-state index in [9.17, 15) is 0 Å². The summed E-state index contributed by atoms with van der Waals surface area (Å²) in [5.41, 5.74) is 3.51. The van der Waals surface area contributed by atoms with Gasteiger partial charge in [-0.05, 0) is 29.9 Å². The summed E-state index contributed by atoms with van der Waals surface area (Å²) in [6.45, 7) is 0. The van der Waals surface area contributed by atoms with Crippen molar-refractivity contribution in [1.82, 2.24) is 20.2 Å². The minimum atomic E-state index is 0.237. The predicted octanol–water partition coefficient (Wildman–Crippen LogP) is 3.78. The summed E-state index contributed by atoms with van der Waals surface area (Å²) in [5.74, 6) is 1.71. The van der Waals surface area contributed by atoms with Crippen LogP contribution in [0.5, 0.6) is 17.8 Å². The summed E-state index contributed by atoms with van der Waals surface area (Å²) in [6.07, 6.45) is 7.08. The lowest BCUT2D eigenvalue weighted by Gasteiger charge is -2.10. The highest BCUT2D eigenvalue weighted by Crippen LogP contribution is 2.51. The van der Waals surface area contributed by atoms with E-state index < -0.39 is 0 Å². The van der Waals surface area contributed by atoms with E-state index in [1.165, 1.54) is 12.7 Å². The highest BCUT2D eigenvalue weighted by atomic mass is 16.5. The molecule has 0 radical (unpaired) electrons. The monoisotopic (exact) mass is 390 g/mol. The average molecular weight is 390 g/mol. The van der Waals surface area contributed by atoms with Gasteiger partial charge in [0.2, 0.25) is 11.8 Å².